The molecule has 0 aromatic heterocycles. The third-order valence-electron chi connectivity index (χ3n) is 13.5. The monoisotopic (exact) mass is 985 g/mol. The highest BCUT2D eigenvalue weighted by atomic mass is 16.6. The van der Waals surface area contributed by atoms with Crippen LogP contribution in [-0.4, -0.2) is 45.0 Å². The van der Waals surface area contributed by atoms with Crippen LogP contribution >= 0.6 is 0 Å². The van der Waals surface area contributed by atoms with Gasteiger partial charge in [0.05, 0.1) is 33.0 Å². The van der Waals surface area contributed by atoms with Gasteiger partial charge in [0.1, 0.15) is 0 Å². The first-order valence-electron chi connectivity index (χ1n) is 28.9. The molecular formula is C62H96O9. The summed E-state index contributed by atoms with van der Waals surface area (Å²) < 4.78 is 45.7. The summed E-state index contributed by atoms with van der Waals surface area (Å²) in [6.07, 6.45) is 34.2. The fraction of sp³-hybridized carbons (Fsp3) is 0.677. The molecule has 0 aliphatic rings. The first kappa shape index (κ1) is 59.2. The molecule has 4 aromatic carbocycles. The van der Waals surface area contributed by atoms with Gasteiger partial charge in [-0.3, -0.25) is 9.59 Å². The van der Waals surface area contributed by atoms with Gasteiger partial charge in [0.2, 0.25) is 5.75 Å². The zero-order chi connectivity index (χ0) is 50.9. The molecule has 0 saturated heterocycles. The molecule has 9 heteroatoms. The van der Waals surface area contributed by atoms with Crippen LogP contribution in [-0.2, 0) is 9.59 Å². The van der Waals surface area contributed by atoms with Gasteiger partial charge in [0, 0.05) is 19.2 Å². The number of carbonyl (C=O) groups excluding carboxylic acids is 2. The van der Waals surface area contributed by atoms with Crippen molar-refractivity contribution in [2.75, 3.05) is 33.0 Å². The Hall–Kier alpha value is -4.40. The van der Waals surface area contributed by atoms with E-state index in [1.807, 2.05) is 12.1 Å². The van der Waals surface area contributed by atoms with Crippen LogP contribution in [0.15, 0.2) is 30.3 Å². The van der Waals surface area contributed by atoms with E-state index in [1.165, 1.54) is 136 Å². The molecule has 0 saturated carbocycles. The molecule has 0 spiro atoms. The van der Waals surface area contributed by atoms with Crippen molar-refractivity contribution in [2.24, 2.45) is 0 Å². The number of fused-ring (bicyclic) bond motifs is 6. The van der Waals surface area contributed by atoms with Crippen molar-refractivity contribution in [3.05, 3.63) is 30.3 Å². The third kappa shape index (κ3) is 20.9. The van der Waals surface area contributed by atoms with Crippen LogP contribution in [0.25, 0.3) is 32.3 Å². The predicted molar refractivity (Wildman–Crippen MR) is 296 cm³/mol. The van der Waals surface area contributed by atoms with Crippen molar-refractivity contribution in [1.29, 1.82) is 0 Å². The van der Waals surface area contributed by atoms with Crippen molar-refractivity contribution in [1.82, 2.24) is 0 Å². The number of esters is 2. The third-order valence-corrected chi connectivity index (χ3v) is 13.5. The fourth-order valence-corrected chi connectivity index (χ4v) is 9.45. The van der Waals surface area contributed by atoms with E-state index >= 15 is 0 Å². The number of rotatable bonds is 42. The topological polar surface area (TPSA) is 98.8 Å². The van der Waals surface area contributed by atoms with E-state index in [0.29, 0.717) is 67.2 Å². The van der Waals surface area contributed by atoms with Gasteiger partial charge < -0.3 is 33.2 Å². The lowest BCUT2D eigenvalue weighted by Crippen LogP contribution is -2.10. The van der Waals surface area contributed by atoms with E-state index in [0.717, 1.165) is 97.6 Å². The van der Waals surface area contributed by atoms with Crippen LogP contribution in [0.1, 0.15) is 241 Å². The molecular weight excluding hydrogens is 889 g/mol. The maximum absolute atomic E-state index is 13.3. The minimum atomic E-state index is -0.543. The molecule has 0 unspecified atom stereocenters. The summed E-state index contributed by atoms with van der Waals surface area (Å²) in [5, 5.41) is 4.82. The van der Waals surface area contributed by atoms with Crippen LogP contribution in [0.3, 0.4) is 0 Å². The Morgan fingerprint density at radius 3 is 0.817 bits per heavy atom. The zero-order valence-corrected chi connectivity index (χ0v) is 45.8. The van der Waals surface area contributed by atoms with E-state index in [1.54, 1.807) is 0 Å². The van der Waals surface area contributed by atoms with Gasteiger partial charge in [0.25, 0.3) is 0 Å². The summed E-state index contributed by atoms with van der Waals surface area (Å²) in [7, 11) is 0. The Morgan fingerprint density at radius 2 is 0.521 bits per heavy atom. The maximum atomic E-state index is 13.3. The Labute approximate surface area is 430 Å². The van der Waals surface area contributed by atoms with Crippen LogP contribution in [0.2, 0.25) is 0 Å². The molecule has 4 rings (SSSR count). The maximum Gasteiger partial charge on any atom is 0.308 e. The van der Waals surface area contributed by atoms with Gasteiger partial charge in [-0.2, -0.15) is 0 Å². The lowest BCUT2D eigenvalue weighted by Gasteiger charge is -2.22. The van der Waals surface area contributed by atoms with E-state index in [9.17, 15) is 9.59 Å². The van der Waals surface area contributed by atoms with Crippen LogP contribution < -0.4 is 33.2 Å². The number of benzene rings is 4. The summed E-state index contributed by atoms with van der Waals surface area (Å²) in [4.78, 5) is 26.2. The van der Waals surface area contributed by atoms with Gasteiger partial charge in [-0.25, -0.2) is 0 Å². The Kier molecular flexibility index (Phi) is 29.7. The minimum absolute atomic E-state index is 0.0863. The average Bonchev–Trinajstić information content (AvgIpc) is 3.35. The smallest absolute Gasteiger partial charge is 0.308 e. The summed E-state index contributed by atoms with van der Waals surface area (Å²) >= 11 is 0. The van der Waals surface area contributed by atoms with Crippen LogP contribution in [0.4, 0.5) is 0 Å². The van der Waals surface area contributed by atoms with Gasteiger partial charge >= 0.3 is 11.9 Å². The minimum Gasteiger partial charge on any atom is -0.490 e. The largest absolute Gasteiger partial charge is 0.490 e. The molecule has 0 heterocycles. The van der Waals surface area contributed by atoms with Crippen molar-refractivity contribution < 1.29 is 42.7 Å². The highest BCUT2D eigenvalue weighted by Gasteiger charge is 2.27. The molecule has 0 aliphatic heterocycles. The van der Waals surface area contributed by atoms with Gasteiger partial charge in [-0.05, 0) is 89.4 Å². The molecule has 398 valence electrons. The lowest BCUT2D eigenvalue weighted by atomic mass is 9.92. The molecule has 0 radical (unpaired) electrons. The van der Waals surface area contributed by atoms with Crippen LogP contribution in [0.5, 0.6) is 40.2 Å². The van der Waals surface area contributed by atoms with E-state index in [4.69, 9.17) is 33.2 Å². The highest BCUT2D eigenvalue weighted by molar-refractivity contribution is 6.28. The molecule has 4 aromatic rings. The number of carbonyl (C=O) groups is 2. The molecule has 0 amide bonds. The normalized spacial score (nSPS) is 11.4. The van der Waals surface area contributed by atoms with Crippen LogP contribution in [0, 0.1) is 0 Å². The second-order valence-corrected chi connectivity index (χ2v) is 19.9. The number of ether oxygens (including phenoxy) is 7. The van der Waals surface area contributed by atoms with Gasteiger partial charge in [0.15, 0.2) is 34.5 Å². The summed E-state index contributed by atoms with van der Waals surface area (Å²) in [5.41, 5.74) is 0. The molecule has 0 fully saturated rings. The van der Waals surface area contributed by atoms with Crippen molar-refractivity contribution in [3.63, 3.8) is 0 Å². The van der Waals surface area contributed by atoms with E-state index < -0.39 is 11.9 Å². The number of hydrogen-bond acceptors (Lipinski definition) is 9. The Balaban J connectivity index is 1.99. The lowest BCUT2D eigenvalue weighted by molar-refractivity contribution is -0.134. The summed E-state index contributed by atoms with van der Waals surface area (Å²) in [6, 6.07) is 10.3. The summed E-state index contributed by atoms with van der Waals surface area (Å²) in [6.45, 7) is 16.6. The second kappa shape index (κ2) is 35.7. The van der Waals surface area contributed by atoms with Gasteiger partial charge in [-0.1, -0.05) is 195 Å². The van der Waals surface area contributed by atoms with Crippen molar-refractivity contribution in [2.45, 2.75) is 241 Å². The quantitative estimate of drug-likeness (QED) is 0.0186. The fourth-order valence-electron chi connectivity index (χ4n) is 9.45. The highest BCUT2D eigenvalue weighted by Crippen LogP contribution is 2.52. The van der Waals surface area contributed by atoms with E-state index in [2.05, 4.69) is 52.8 Å². The molecule has 71 heavy (non-hydrogen) atoms. The molecule has 0 atom stereocenters. The Bertz CT molecular complexity index is 2070. The molecule has 0 bridgehead atoms. The number of hydrogen-bond donors (Lipinski definition) is 0. The second-order valence-electron chi connectivity index (χ2n) is 19.9. The molecule has 0 aliphatic carbocycles. The number of unbranched alkanes of at least 4 members (excludes halogenated alkanes) is 25. The zero-order valence-electron chi connectivity index (χ0n) is 45.8. The van der Waals surface area contributed by atoms with Gasteiger partial charge in [-0.15, -0.1) is 0 Å². The first-order chi connectivity index (χ1) is 34.8. The standard InChI is InChI=1S/C62H96O9/c1-8-13-18-23-28-33-38-65-55-43-50-51-44-57(67-40-35-30-25-20-15-10-3)58(68-41-36-31-26-21-16-11-4)46-53(51)60-54(52(50)45-56(55)66-39-34-29-24-19-14-9-2)47-59(69-42-37-32-27-22-17-12-5)61(70-48(6)63)62(60)71-49(7)64/h43-47H,8-42H2,1-7H3. The average molecular weight is 985 g/mol. The van der Waals surface area contributed by atoms with E-state index in [-0.39, 0.29) is 11.5 Å². The predicted octanol–water partition coefficient (Wildman–Crippen LogP) is 18.7. The molecule has 9 nitrogen and oxygen atoms in total. The van der Waals surface area contributed by atoms with Crippen molar-refractivity contribution >= 4 is 44.3 Å². The SMILES string of the molecule is CCCCCCCCOc1cc2c3cc(OCCCCCCCC)c(OCCCCCCCC)cc3c3c(OC(C)=O)c(OC(C)=O)c(OCCCCCCCC)cc3c2cc1OCCCCCCCC. The molecule has 0 N–H and O–H groups in total. The summed E-state index contributed by atoms with van der Waals surface area (Å²) in [5.74, 6) is 2.15. The first-order valence-corrected chi connectivity index (χ1v) is 28.9. The Morgan fingerprint density at radius 1 is 0.296 bits per heavy atom. The van der Waals surface area contributed by atoms with Crippen molar-refractivity contribution in [3.8, 4) is 40.2 Å².